The van der Waals surface area contributed by atoms with Crippen molar-refractivity contribution in [3.05, 3.63) is 23.9 Å². The van der Waals surface area contributed by atoms with E-state index >= 15 is 0 Å². The van der Waals surface area contributed by atoms with E-state index < -0.39 is 5.92 Å². The second-order valence-electron chi connectivity index (χ2n) is 5.37. The van der Waals surface area contributed by atoms with Gasteiger partial charge < -0.3 is 4.90 Å². The molecule has 4 heteroatoms. The van der Waals surface area contributed by atoms with Gasteiger partial charge in [-0.25, -0.2) is 13.8 Å². The first-order valence-corrected chi connectivity index (χ1v) is 5.37. The fraction of sp³-hybridized carbons (Fsp3) is 0.583. The number of hydrogen-bond acceptors (Lipinski definition) is 2. The van der Waals surface area contributed by atoms with Crippen LogP contribution < -0.4 is 4.90 Å². The molecule has 2 rings (SSSR count). The summed E-state index contributed by atoms with van der Waals surface area (Å²) in [4.78, 5) is 5.82. The molecule has 16 heavy (non-hydrogen) atoms. The number of halogens is 2. The third-order valence-electron chi connectivity index (χ3n) is 2.78. The highest BCUT2D eigenvalue weighted by Gasteiger charge is 2.44. The van der Waals surface area contributed by atoms with Gasteiger partial charge in [0.1, 0.15) is 5.82 Å². The van der Waals surface area contributed by atoms with Gasteiger partial charge in [0, 0.05) is 6.20 Å². The van der Waals surface area contributed by atoms with Gasteiger partial charge in [0.05, 0.1) is 13.1 Å². The molecule has 0 N–H and O–H groups in total. The SMILES string of the molecule is CC(C)(C)c1ccc(N2CC(F)(F)C2)nc1. The maximum absolute atomic E-state index is 12.7. The molecule has 1 aliphatic rings. The van der Waals surface area contributed by atoms with Gasteiger partial charge in [0.2, 0.25) is 0 Å². The van der Waals surface area contributed by atoms with Crippen LogP contribution in [0.2, 0.25) is 0 Å². The van der Waals surface area contributed by atoms with E-state index in [-0.39, 0.29) is 18.5 Å². The average molecular weight is 226 g/mol. The number of alkyl halides is 2. The smallest absolute Gasteiger partial charge is 0.282 e. The van der Waals surface area contributed by atoms with Gasteiger partial charge in [-0.05, 0) is 17.0 Å². The Kier molecular flexibility index (Phi) is 2.40. The molecule has 0 amide bonds. The van der Waals surface area contributed by atoms with Crippen LogP contribution in [0.3, 0.4) is 0 Å². The van der Waals surface area contributed by atoms with Gasteiger partial charge in [-0.3, -0.25) is 0 Å². The summed E-state index contributed by atoms with van der Waals surface area (Å²) < 4.78 is 25.3. The van der Waals surface area contributed by atoms with E-state index in [1.54, 1.807) is 11.1 Å². The van der Waals surface area contributed by atoms with Gasteiger partial charge in [-0.15, -0.1) is 0 Å². The maximum Gasteiger partial charge on any atom is 0.282 e. The van der Waals surface area contributed by atoms with Crippen LogP contribution in [0.5, 0.6) is 0 Å². The molecule has 1 aromatic rings. The van der Waals surface area contributed by atoms with Crippen molar-refractivity contribution in [1.82, 2.24) is 4.98 Å². The van der Waals surface area contributed by atoms with Crippen molar-refractivity contribution in [2.24, 2.45) is 0 Å². The molecule has 0 atom stereocenters. The van der Waals surface area contributed by atoms with E-state index in [1.165, 1.54) is 0 Å². The van der Waals surface area contributed by atoms with Crippen LogP contribution in [-0.4, -0.2) is 24.0 Å². The topological polar surface area (TPSA) is 16.1 Å². The number of aromatic nitrogens is 1. The number of pyridine rings is 1. The van der Waals surface area contributed by atoms with Crippen molar-refractivity contribution in [3.8, 4) is 0 Å². The monoisotopic (exact) mass is 226 g/mol. The van der Waals surface area contributed by atoms with Crippen molar-refractivity contribution >= 4 is 5.82 Å². The van der Waals surface area contributed by atoms with Crippen molar-refractivity contribution in [1.29, 1.82) is 0 Å². The lowest BCUT2D eigenvalue weighted by Crippen LogP contribution is -2.56. The lowest BCUT2D eigenvalue weighted by atomic mass is 9.88. The Hall–Kier alpha value is -1.19. The largest absolute Gasteiger partial charge is 0.344 e. The Labute approximate surface area is 94.3 Å². The third kappa shape index (κ3) is 2.15. The fourth-order valence-electron chi connectivity index (χ4n) is 1.69. The van der Waals surface area contributed by atoms with Gasteiger partial charge in [-0.2, -0.15) is 0 Å². The van der Waals surface area contributed by atoms with E-state index in [4.69, 9.17) is 0 Å². The van der Waals surface area contributed by atoms with Gasteiger partial charge >= 0.3 is 0 Å². The Morgan fingerprint density at radius 1 is 1.25 bits per heavy atom. The molecule has 0 saturated carbocycles. The molecule has 0 unspecified atom stereocenters. The highest BCUT2D eigenvalue weighted by molar-refractivity contribution is 5.44. The summed E-state index contributed by atoms with van der Waals surface area (Å²) in [5.41, 5.74) is 1.16. The summed E-state index contributed by atoms with van der Waals surface area (Å²) >= 11 is 0. The average Bonchev–Trinajstić information content (AvgIpc) is 2.13. The highest BCUT2D eigenvalue weighted by Crippen LogP contribution is 2.31. The number of nitrogens with zero attached hydrogens (tertiary/aromatic N) is 2. The summed E-state index contributed by atoms with van der Waals surface area (Å²) in [6.07, 6.45) is 1.77. The maximum atomic E-state index is 12.7. The first-order valence-electron chi connectivity index (χ1n) is 5.37. The molecule has 2 heterocycles. The summed E-state index contributed by atoms with van der Waals surface area (Å²) in [7, 11) is 0. The molecule has 0 aromatic carbocycles. The molecule has 2 nitrogen and oxygen atoms in total. The van der Waals surface area contributed by atoms with E-state index in [9.17, 15) is 8.78 Å². The van der Waals surface area contributed by atoms with E-state index in [0.29, 0.717) is 5.82 Å². The van der Waals surface area contributed by atoms with Crippen LogP contribution in [0.25, 0.3) is 0 Å². The van der Waals surface area contributed by atoms with Crippen molar-refractivity contribution < 1.29 is 8.78 Å². The van der Waals surface area contributed by atoms with Crippen LogP contribution >= 0.6 is 0 Å². The summed E-state index contributed by atoms with van der Waals surface area (Å²) in [5, 5.41) is 0. The second-order valence-corrected chi connectivity index (χ2v) is 5.37. The number of hydrogen-bond donors (Lipinski definition) is 0. The van der Waals surface area contributed by atoms with Crippen LogP contribution in [0, 0.1) is 0 Å². The molecule has 1 fully saturated rings. The Morgan fingerprint density at radius 3 is 2.25 bits per heavy atom. The molecule has 1 aliphatic heterocycles. The third-order valence-corrected chi connectivity index (χ3v) is 2.78. The lowest BCUT2D eigenvalue weighted by Gasteiger charge is -2.39. The zero-order chi connectivity index (χ0) is 12.0. The number of rotatable bonds is 1. The van der Waals surface area contributed by atoms with Crippen molar-refractivity contribution in [2.75, 3.05) is 18.0 Å². The van der Waals surface area contributed by atoms with Gasteiger partial charge in [-0.1, -0.05) is 26.8 Å². The molecule has 0 spiro atoms. The van der Waals surface area contributed by atoms with Crippen LogP contribution in [0.15, 0.2) is 18.3 Å². The molecule has 0 aliphatic carbocycles. The highest BCUT2D eigenvalue weighted by atomic mass is 19.3. The predicted molar refractivity (Wildman–Crippen MR) is 60.1 cm³/mol. The minimum absolute atomic E-state index is 0.0460. The van der Waals surface area contributed by atoms with Crippen LogP contribution in [-0.2, 0) is 5.41 Å². The van der Waals surface area contributed by atoms with Crippen molar-refractivity contribution in [3.63, 3.8) is 0 Å². The zero-order valence-electron chi connectivity index (χ0n) is 9.80. The molecule has 1 saturated heterocycles. The molecule has 88 valence electrons. The second kappa shape index (κ2) is 3.40. The van der Waals surface area contributed by atoms with Gasteiger partial charge in [0.15, 0.2) is 0 Å². The molecule has 0 radical (unpaired) electrons. The molecular formula is C12H16F2N2. The zero-order valence-corrected chi connectivity index (χ0v) is 9.80. The standard InChI is InChI=1S/C12H16F2N2/c1-11(2,3)9-4-5-10(15-6-9)16-7-12(13,14)8-16/h4-6H,7-8H2,1-3H3. The fourth-order valence-corrected chi connectivity index (χ4v) is 1.69. The van der Waals surface area contributed by atoms with Crippen LogP contribution in [0.1, 0.15) is 26.3 Å². The normalized spacial score (nSPS) is 19.4. The molecular weight excluding hydrogens is 210 g/mol. The predicted octanol–water partition coefficient (Wildman–Crippen LogP) is 2.83. The van der Waals surface area contributed by atoms with E-state index in [1.807, 2.05) is 12.1 Å². The molecule has 0 bridgehead atoms. The van der Waals surface area contributed by atoms with Gasteiger partial charge in [0.25, 0.3) is 5.92 Å². The molecule has 1 aromatic heterocycles. The minimum atomic E-state index is -2.54. The number of anilines is 1. The summed E-state index contributed by atoms with van der Waals surface area (Å²) in [6, 6.07) is 3.77. The Bertz CT molecular complexity index is 371. The van der Waals surface area contributed by atoms with E-state index in [0.717, 1.165) is 5.56 Å². The minimum Gasteiger partial charge on any atom is -0.344 e. The first-order chi connectivity index (χ1) is 7.28. The lowest BCUT2D eigenvalue weighted by molar-refractivity contribution is -0.0267. The van der Waals surface area contributed by atoms with Crippen molar-refractivity contribution in [2.45, 2.75) is 32.1 Å². The summed E-state index contributed by atoms with van der Waals surface area (Å²) in [6.45, 7) is 5.87. The Balaban J connectivity index is 2.10. The van der Waals surface area contributed by atoms with Crippen LogP contribution in [0.4, 0.5) is 14.6 Å². The quantitative estimate of drug-likeness (QED) is 0.732. The first kappa shape index (κ1) is 11.3. The Morgan fingerprint density at radius 2 is 1.88 bits per heavy atom. The summed E-state index contributed by atoms with van der Waals surface area (Å²) in [5.74, 6) is -1.90. The van der Waals surface area contributed by atoms with E-state index in [2.05, 4.69) is 25.8 Å².